The molecular formula is C45H76O21. The Morgan fingerprint density at radius 3 is 1.83 bits per heavy atom. The van der Waals surface area contributed by atoms with Gasteiger partial charge in [-0.25, -0.2) is 0 Å². The summed E-state index contributed by atoms with van der Waals surface area (Å²) in [5.74, 6) is -1.24. The van der Waals surface area contributed by atoms with Crippen LogP contribution in [0.15, 0.2) is 0 Å². The van der Waals surface area contributed by atoms with Gasteiger partial charge in [0.25, 0.3) is 0 Å². The number of aliphatic hydroxyl groups excluding tert-OH is 13. The van der Waals surface area contributed by atoms with Crippen LogP contribution in [0.3, 0.4) is 0 Å². The number of rotatable bonds is 13. The SMILES string of the molecule is CC(CCC1(O)OC2CC3C4CCC5CC(OC6OC(CO)C(O)C(O)C6OC6OC(CO)C(O)C(O)C6O)C(O)C(O)C5(C)C4CCC3(C)C2C1C)COC1OC(CO)C(O)C(O)C1O. The van der Waals surface area contributed by atoms with E-state index in [0.717, 1.165) is 25.7 Å². The second-order valence-electron chi connectivity index (χ2n) is 21.6. The Kier molecular flexibility index (Phi) is 15.3. The van der Waals surface area contributed by atoms with E-state index in [4.69, 9.17) is 33.2 Å². The summed E-state index contributed by atoms with van der Waals surface area (Å²) in [6.45, 7) is 6.44. The lowest BCUT2D eigenvalue weighted by molar-refractivity contribution is -0.378. The Labute approximate surface area is 384 Å². The standard InChI is InChI=1S/C45H76O21/c1-17(16-60-40-36(56)33(53)29(49)25(13-46)62-40)7-10-45(59)18(2)28-23(66-45)12-22-20-6-5-19-11-24(32(52)39(58)44(19,4)21(20)8-9-43(22,28)3)61-42-38(35(55)31(51)27(15-48)64-42)65-41-37(57)34(54)30(50)26(14-47)63-41/h17-42,46-59H,5-16H2,1-4H3. The molecule has 8 fully saturated rings. The third kappa shape index (κ3) is 8.63. The third-order valence-corrected chi connectivity index (χ3v) is 18.2. The summed E-state index contributed by atoms with van der Waals surface area (Å²) < 4.78 is 41.4. The zero-order valence-electron chi connectivity index (χ0n) is 38.1. The van der Waals surface area contributed by atoms with Crippen LogP contribution < -0.4 is 0 Å². The first-order valence-corrected chi connectivity index (χ1v) is 24.1. The second-order valence-corrected chi connectivity index (χ2v) is 21.6. The Morgan fingerprint density at radius 1 is 0.636 bits per heavy atom. The number of ether oxygens (including phenoxy) is 7. The van der Waals surface area contributed by atoms with Crippen LogP contribution in [-0.4, -0.2) is 220 Å². The maximum Gasteiger partial charge on any atom is 0.187 e. The zero-order chi connectivity index (χ0) is 47.9. The maximum atomic E-state index is 12.2. The average Bonchev–Trinajstić information content (AvgIpc) is 3.74. The molecule has 8 rings (SSSR count). The van der Waals surface area contributed by atoms with Gasteiger partial charge in [-0.3, -0.25) is 0 Å². The highest BCUT2D eigenvalue weighted by Gasteiger charge is 2.70. The molecular weight excluding hydrogens is 876 g/mol. The molecule has 14 N–H and O–H groups in total. The maximum absolute atomic E-state index is 12.2. The fourth-order valence-corrected chi connectivity index (χ4v) is 14.2. The second kappa shape index (κ2) is 19.6. The summed E-state index contributed by atoms with van der Waals surface area (Å²) in [4.78, 5) is 0. The Morgan fingerprint density at radius 2 is 1.21 bits per heavy atom. The van der Waals surface area contributed by atoms with E-state index in [1.807, 2.05) is 13.8 Å². The summed E-state index contributed by atoms with van der Waals surface area (Å²) in [5, 5.41) is 149. The van der Waals surface area contributed by atoms with Crippen molar-refractivity contribution >= 4 is 0 Å². The molecule has 29 atom stereocenters. The first kappa shape index (κ1) is 51.5. The van der Waals surface area contributed by atoms with Gasteiger partial charge in [0.1, 0.15) is 79.4 Å². The van der Waals surface area contributed by atoms with Crippen LogP contribution in [0.4, 0.5) is 0 Å². The van der Waals surface area contributed by atoms with Crippen molar-refractivity contribution in [3.8, 4) is 0 Å². The van der Waals surface area contributed by atoms with Crippen LogP contribution in [0.1, 0.15) is 79.1 Å². The van der Waals surface area contributed by atoms with E-state index in [0.29, 0.717) is 25.7 Å². The van der Waals surface area contributed by atoms with Crippen molar-refractivity contribution in [3.05, 3.63) is 0 Å². The van der Waals surface area contributed by atoms with E-state index in [2.05, 4.69) is 13.8 Å². The predicted octanol–water partition coefficient (Wildman–Crippen LogP) is -3.84. The molecule has 21 heteroatoms. The quantitative estimate of drug-likeness (QED) is 0.0786. The van der Waals surface area contributed by atoms with Crippen molar-refractivity contribution in [1.82, 2.24) is 0 Å². The number of hydrogen-bond acceptors (Lipinski definition) is 21. The Hall–Kier alpha value is -0.840. The van der Waals surface area contributed by atoms with E-state index < -0.39 is 141 Å². The van der Waals surface area contributed by atoms with Gasteiger partial charge in [0.15, 0.2) is 24.7 Å². The van der Waals surface area contributed by atoms with E-state index >= 15 is 0 Å². The lowest BCUT2D eigenvalue weighted by atomic mass is 9.43. The van der Waals surface area contributed by atoms with Gasteiger partial charge in [-0.1, -0.05) is 27.7 Å². The largest absolute Gasteiger partial charge is 0.394 e. The van der Waals surface area contributed by atoms with Crippen molar-refractivity contribution in [1.29, 1.82) is 0 Å². The number of hydrogen-bond donors (Lipinski definition) is 14. The van der Waals surface area contributed by atoms with E-state index in [-0.39, 0.29) is 59.6 Å². The lowest BCUT2D eigenvalue weighted by Gasteiger charge is -2.63. The fraction of sp³-hybridized carbons (Fsp3) is 1.00. The molecule has 0 radical (unpaired) electrons. The zero-order valence-corrected chi connectivity index (χ0v) is 38.1. The van der Waals surface area contributed by atoms with Crippen molar-refractivity contribution in [2.45, 2.75) is 201 Å². The molecule has 21 nitrogen and oxygen atoms in total. The molecule has 4 heterocycles. The van der Waals surface area contributed by atoms with Gasteiger partial charge in [-0.2, -0.15) is 0 Å². The Balaban J connectivity index is 0.902. The first-order valence-electron chi connectivity index (χ1n) is 24.1. The van der Waals surface area contributed by atoms with Crippen LogP contribution in [0, 0.1) is 52.3 Å². The average molecular weight is 953 g/mol. The molecule has 4 saturated carbocycles. The molecule has 0 aromatic carbocycles. The monoisotopic (exact) mass is 952 g/mol. The number of aliphatic hydroxyl groups is 14. The van der Waals surface area contributed by atoms with Crippen molar-refractivity contribution in [2.75, 3.05) is 26.4 Å². The smallest absolute Gasteiger partial charge is 0.187 e. The van der Waals surface area contributed by atoms with E-state index in [9.17, 15) is 71.5 Å². The lowest BCUT2D eigenvalue weighted by Crippen LogP contribution is -2.67. The van der Waals surface area contributed by atoms with Crippen LogP contribution in [0.5, 0.6) is 0 Å². The van der Waals surface area contributed by atoms with Gasteiger partial charge < -0.3 is 105 Å². The summed E-state index contributed by atoms with van der Waals surface area (Å²) in [6.07, 6.45) is -22.1. The molecule has 29 unspecified atom stereocenters. The summed E-state index contributed by atoms with van der Waals surface area (Å²) in [7, 11) is 0. The fourth-order valence-electron chi connectivity index (χ4n) is 14.2. The minimum atomic E-state index is -1.85. The molecule has 4 aliphatic heterocycles. The summed E-state index contributed by atoms with van der Waals surface area (Å²) in [5.41, 5.74) is -0.880. The van der Waals surface area contributed by atoms with E-state index in [1.54, 1.807) is 0 Å². The van der Waals surface area contributed by atoms with Crippen molar-refractivity contribution in [3.63, 3.8) is 0 Å². The highest BCUT2D eigenvalue weighted by atomic mass is 16.8. The minimum Gasteiger partial charge on any atom is -0.394 e. The van der Waals surface area contributed by atoms with Crippen LogP contribution in [0.2, 0.25) is 0 Å². The molecule has 66 heavy (non-hydrogen) atoms. The molecule has 4 saturated heterocycles. The topological polar surface area (TPSA) is 348 Å². The highest BCUT2D eigenvalue weighted by molar-refractivity contribution is 5.17. The molecule has 8 aliphatic rings. The van der Waals surface area contributed by atoms with Gasteiger partial charge >= 0.3 is 0 Å². The van der Waals surface area contributed by atoms with Gasteiger partial charge in [-0.15, -0.1) is 0 Å². The molecule has 0 aromatic rings. The third-order valence-electron chi connectivity index (χ3n) is 18.2. The van der Waals surface area contributed by atoms with E-state index in [1.165, 1.54) is 0 Å². The molecule has 382 valence electrons. The summed E-state index contributed by atoms with van der Waals surface area (Å²) in [6, 6.07) is 0. The molecule has 0 amide bonds. The van der Waals surface area contributed by atoms with Gasteiger partial charge in [0, 0.05) is 17.8 Å². The molecule has 0 spiro atoms. The summed E-state index contributed by atoms with van der Waals surface area (Å²) >= 11 is 0. The van der Waals surface area contributed by atoms with Crippen LogP contribution in [0.25, 0.3) is 0 Å². The first-order chi connectivity index (χ1) is 31.1. The van der Waals surface area contributed by atoms with Gasteiger partial charge in [0.2, 0.25) is 0 Å². The Bertz CT molecular complexity index is 1630. The normalized spacial score (nSPS) is 56.5. The number of fused-ring (bicyclic) bond motifs is 7. The highest BCUT2D eigenvalue weighted by Crippen LogP contribution is 2.71. The minimum absolute atomic E-state index is 0.0430. The van der Waals surface area contributed by atoms with Crippen LogP contribution in [-0.2, 0) is 33.2 Å². The van der Waals surface area contributed by atoms with Gasteiger partial charge in [-0.05, 0) is 85.9 Å². The predicted molar refractivity (Wildman–Crippen MR) is 222 cm³/mol. The molecule has 4 aliphatic carbocycles. The van der Waals surface area contributed by atoms with Gasteiger partial charge in [0.05, 0.1) is 44.7 Å². The van der Waals surface area contributed by atoms with Crippen molar-refractivity contribution in [2.24, 2.45) is 52.3 Å². The molecule has 0 aromatic heterocycles. The van der Waals surface area contributed by atoms with Crippen LogP contribution >= 0.6 is 0 Å². The van der Waals surface area contributed by atoms with Crippen molar-refractivity contribution < 1.29 is 105 Å². The molecule has 0 bridgehead atoms.